The van der Waals surface area contributed by atoms with Gasteiger partial charge in [-0.3, -0.25) is 0 Å². The average Bonchev–Trinajstić information content (AvgIpc) is 2.76. The van der Waals surface area contributed by atoms with Crippen molar-refractivity contribution in [1.29, 1.82) is 0 Å². The van der Waals surface area contributed by atoms with Crippen molar-refractivity contribution in [1.82, 2.24) is 5.32 Å². The molecule has 3 nitrogen and oxygen atoms in total. The minimum absolute atomic E-state index is 0.00972. The third-order valence-corrected chi connectivity index (χ3v) is 6.33. The maximum Gasteiger partial charge on any atom is 0.0611 e. The Bertz CT molecular complexity index is 1280. The summed E-state index contributed by atoms with van der Waals surface area (Å²) in [4.78, 5) is 0. The largest absolute Gasteiger partial charge is 0.396 e. The van der Waals surface area contributed by atoms with Crippen molar-refractivity contribution in [3.8, 4) is 0 Å². The van der Waals surface area contributed by atoms with Gasteiger partial charge in [-0.05, 0) is 62.0 Å². The summed E-state index contributed by atoms with van der Waals surface area (Å²) >= 11 is 0. The summed E-state index contributed by atoms with van der Waals surface area (Å²) in [6.07, 6.45) is 0.514. The molecule has 0 aliphatic carbocycles. The molecule has 0 aromatic heterocycles. The Morgan fingerprint density at radius 3 is 1.97 bits per heavy atom. The molecule has 0 saturated heterocycles. The highest BCUT2D eigenvalue weighted by atomic mass is 16.3. The fourth-order valence-corrected chi connectivity index (χ4v) is 4.64. The van der Waals surface area contributed by atoms with E-state index in [0.717, 1.165) is 0 Å². The second kappa shape index (κ2) is 6.96. The van der Waals surface area contributed by atoms with Gasteiger partial charge in [0.05, 0.1) is 6.61 Å². The molecule has 0 spiro atoms. The monoisotopic (exact) mass is 383 g/mol. The number of aliphatic hydroxyl groups excluding tert-OH is 2. The van der Waals surface area contributed by atoms with Gasteiger partial charge < -0.3 is 15.5 Å². The van der Waals surface area contributed by atoms with E-state index in [1.807, 2.05) is 6.92 Å². The van der Waals surface area contributed by atoms with Gasteiger partial charge in [-0.15, -0.1) is 0 Å². The maximum atomic E-state index is 9.76. The van der Waals surface area contributed by atoms with Crippen LogP contribution in [0.5, 0.6) is 0 Å². The second-order valence-corrected chi connectivity index (χ2v) is 8.26. The molecule has 146 valence electrons. The molecule has 29 heavy (non-hydrogen) atoms. The van der Waals surface area contributed by atoms with Gasteiger partial charge in [0.2, 0.25) is 0 Å². The minimum atomic E-state index is -0.493. The third-order valence-electron chi connectivity index (χ3n) is 6.33. The molecule has 3 heteroatoms. The van der Waals surface area contributed by atoms with Crippen molar-refractivity contribution < 1.29 is 10.2 Å². The summed E-state index contributed by atoms with van der Waals surface area (Å²) in [5.74, 6) is 0. The van der Waals surface area contributed by atoms with E-state index in [4.69, 9.17) is 0 Å². The van der Waals surface area contributed by atoms with Gasteiger partial charge >= 0.3 is 0 Å². The molecule has 1 unspecified atom stereocenters. The number of aliphatic hydroxyl groups is 2. The van der Waals surface area contributed by atoms with Gasteiger partial charge in [-0.2, -0.15) is 0 Å². The highest BCUT2D eigenvalue weighted by Gasteiger charge is 2.22. The van der Waals surface area contributed by atoms with Crippen molar-refractivity contribution in [2.45, 2.75) is 25.4 Å². The first-order chi connectivity index (χ1) is 14.1. The van der Waals surface area contributed by atoms with Crippen LogP contribution in [0.2, 0.25) is 0 Å². The van der Waals surface area contributed by atoms with E-state index in [9.17, 15) is 10.2 Å². The van der Waals surface area contributed by atoms with E-state index in [1.54, 1.807) is 0 Å². The Morgan fingerprint density at radius 1 is 0.724 bits per heavy atom. The molecular weight excluding hydrogens is 358 g/mol. The quantitative estimate of drug-likeness (QED) is 0.287. The van der Waals surface area contributed by atoms with Gasteiger partial charge in [0, 0.05) is 18.7 Å². The molecule has 0 radical (unpaired) electrons. The van der Waals surface area contributed by atoms with Crippen molar-refractivity contribution in [2.24, 2.45) is 0 Å². The van der Waals surface area contributed by atoms with Crippen molar-refractivity contribution in [2.75, 3.05) is 13.2 Å². The molecule has 3 N–H and O–H groups in total. The molecule has 0 fully saturated rings. The highest BCUT2D eigenvalue weighted by Crippen LogP contribution is 2.40. The van der Waals surface area contributed by atoms with E-state index in [0.29, 0.717) is 13.0 Å². The Kier molecular flexibility index (Phi) is 4.39. The molecule has 0 saturated carbocycles. The zero-order valence-corrected chi connectivity index (χ0v) is 16.6. The van der Waals surface area contributed by atoms with E-state index in [1.165, 1.54) is 48.7 Å². The zero-order chi connectivity index (χ0) is 20.0. The van der Waals surface area contributed by atoms with Gasteiger partial charge in [0.15, 0.2) is 0 Å². The summed E-state index contributed by atoms with van der Waals surface area (Å²) in [6.45, 7) is 2.63. The van der Waals surface area contributed by atoms with E-state index < -0.39 is 5.54 Å². The molecule has 1 atom stereocenters. The summed E-state index contributed by atoms with van der Waals surface area (Å²) in [7, 11) is 0. The predicted molar refractivity (Wildman–Crippen MR) is 122 cm³/mol. The van der Waals surface area contributed by atoms with Crippen LogP contribution >= 0.6 is 0 Å². The topological polar surface area (TPSA) is 52.5 Å². The van der Waals surface area contributed by atoms with Gasteiger partial charge in [0.1, 0.15) is 0 Å². The normalized spacial score (nSPS) is 14.3. The third kappa shape index (κ3) is 2.85. The SMILES string of the molecule is CC(CO)(CCO)NCc1ccc2c3cccc4cccc(c5cccc1c52)c43. The highest BCUT2D eigenvalue weighted by molar-refractivity contribution is 6.33. The molecule has 0 heterocycles. The standard InChI is InChI=1S/C26H25NO2/c1-26(16-29,13-14-28)27-15-18-11-12-23-21-9-3-6-17-5-2-8-20(24(17)21)22-10-4-7-19(18)25(22)23/h2-12,27-29H,13-16H2,1H3. The zero-order valence-electron chi connectivity index (χ0n) is 16.6. The van der Waals surface area contributed by atoms with Crippen LogP contribution in [0.1, 0.15) is 18.9 Å². The summed E-state index contributed by atoms with van der Waals surface area (Å²) in [5.41, 5.74) is 0.710. The van der Waals surface area contributed by atoms with Crippen molar-refractivity contribution in [3.63, 3.8) is 0 Å². The Hall–Kier alpha value is -2.72. The first-order valence-corrected chi connectivity index (χ1v) is 10.2. The van der Waals surface area contributed by atoms with Gasteiger partial charge in [-0.1, -0.05) is 66.7 Å². The van der Waals surface area contributed by atoms with Crippen LogP contribution in [0.15, 0.2) is 66.7 Å². The van der Waals surface area contributed by atoms with Crippen LogP contribution in [-0.2, 0) is 6.54 Å². The molecular formula is C26H25NO2. The molecule has 0 amide bonds. The number of benzene rings is 5. The van der Waals surface area contributed by atoms with Crippen LogP contribution in [0.4, 0.5) is 0 Å². The number of hydrogen-bond donors (Lipinski definition) is 3. The lowest BCUT2D eigenvalue weighted by atomic mass is 9.88. The summed E-state index contributed by atoms with van der Waals surface area (Å²) in [6, 6.07) is 24.1. The van der Waals surface area contributed by atoms with Crippen LogP contribution < -0.4 is 5.32 Å². The number of nitrogens with one attached hydrogen (secondary N) is 1. The second-order valence-electron chi connectivity index (χ2n) is 8.26. The Balaban J connectivity index is 1.74. The average molecular weight is 383 g/mol. The first-order valence-electron chi connectivity index (χ1n) is 10.2. The maximum absolute atomic E-state index is 9.76. The lowest BCUT2D eigenvalue weighted by Gasteiger charge is -2.28. The van der Waals surface area contributed by atoms with Crippen molar-refractivity contribution in [3.05, 3.63) is 72.3 Å². The Morgan fingerprint density at radius 2 is 1.31 bits per heavy atom. The molecule has 5 aromatic carbocycles. The summed E-state index contributed by atoms with van der Waals surface area (Å²) < 4.78 is 0. The van der Waals surface area contributed by atoms with Crippen molar-refractivity contribution >= 4 is 43.1 Å². The number of fused-ring (bicyclic) bond motifs is 2. The lowest BCUT2D eigenvalue weighted by molar-refractivity contribution is 0.137. The van der Waals surface area contributed by atoms with E-state index >= 15 is 0 Å². The van der Waals surface area contributed by atoms with Crippen LogP contribution in [0, 0.1) is 0 Å². The molecule has 5 aromatic rings. The van der Waals surface area contributed by atoms with E-state index in [2.05, 4.69) is 72.0 Å². The van der Waals surface area contributed by atoms with Gasteiger partial charge in [-0.25, -0.2) is 0 Å². The fraction of sp³-hybridized carbons (Fsp3) is 0.231. The predicted octanol–water partition coefficient (Wildman–Crippen LogP) is 4.96. The van der Waals surface area contributed by atoms with Crippen LogP contribution in [-0.4, -0.2) is 29.0 Å². The lowest BCUT2D eigenvalue weighted by Crippen LogP contribution is -2.46. The van der Waals surface area contributed by atoms with E-state index in [-0.39, 0.29) is 13.2 Å². The molecule has 0 aliphatic rings. The molecule has 0 bridgehead atoms. The molecule has 0 aliphatic heterocycles. The van der Waals surface area contributed by atoms with Crippen LogP contribution in [0.3, 0.4) is 0 Å². The fourth-order valence-electron chi connectivity index (χ4n) is 4.64. The summed E-state index contributed by atoms with van der Waals surface area (Å²) in [5, 5.41) is 32.8. The smallest absolute Gasteiger partial charge is 0.0611 e. The number of rotatable bonds is 6. The van der Waals surface area contributed by atoms with Gasteiger partial charge in [0.25, 0.3) is 0 Å². The minimum Gasteiger partial charge on any atom is -0.396 e. The Labute approximate surface area is 169 Å². The first kappa shape index (κ1) is 18.3. The number of hydrogen-bond acceptors (Lipinski definition) is 3. The van der Waals surface area contributed by atoms with Crippen LogP contribution in [0.25, 0.3) is 43.1 Å². The molecule has 5 rings (SSSR count).